The van der Waals surface area contributed by atoms with Gasteiger partial charge < -0.3 is 10.1 Å². The van der Waals surface area contributed by atoms with E-state index in [9.17, 15) is 9.59 Å². The molecule has 1 aromatic heterocycles. The van der Waals surface area contributed by atoms with Crippen molar-refractivity contribution < 1.29 is 14.3 Å². The second-order valence-electron chi connectivity index (χ2n) is 5.11. The minimum absolute atomic E-state index is 0.479. The van der Waals surface area contributed by atoms with E-state index in [2.05, 4.69) is 15.8 Å². The van der Waals surface area contributed by atoms with Gasteiger partial charge in [0.1, 0.15) is 11.5 Å². The molecule has 0 unspecified atom stereocenters. The lowest BCUT2D eigenvalue weighted by Crippen LogP contribution is -2.32. The van der Waals surface area contributed by atoms with E-state index in [4.69, 9.17) is 4.74 Å². The van der Waals surface area contributed by atoms with Crippen LogP contribution in [0, 0.1) is 0 Å². The van der Waals surface area contributed by atoms with Crippen molar-refractivity contribution in [2.45, 2.75) is 0 Å². The fourth-order valence-corrected chi connectivity index (χ4v) is 2.57. The molecule has 0 radical (unpaired) electrons. The molecule has 130 valence electrons. The number of para-hydroxylation sites is 1. The molecule has 2 amide bonds. The Morgan fingerprint density at radius 1 is 0.885 bits per heavy atom. The molecule has 3 rings (SSSR count). The van der Waals surface area contributed by atoms with Crippen LogP contribution in [-0.2, 0) is 9.59 Å². The zero-order valence-electron chi connectivity index (χ0n) is 13.6. The van der Waals surface area contributed by atoms with Crippen LogP contribution in [0.3, 0.4) is 0 Å². The van der Waals surface area contributed by atoms with Crippen LogP contribution in [0.4, 0.5) is 5.69 Å². The minimum Gasteiger partial charge on any atom is -0.457 e. The third kappa shape index (κ3) is 5.02. The number of amides is 2. The summed E-state index contributed by atoms with van der Waals surface area (Å²) in [5.74, 6) is -0.307. The number of rotatable bonds is 5. The molecule has 2 N–H and O–H groups in total. The van der Waals surface area contributed by atoms with Gasteiger partial charge in [-0.2, -0.15) is 5.10 Å². The Morgan fingerprint density at radius 2 is 1.62 bits per heavy atom. The number of hydrazone groups is 1. The summed E-state index contributed by atoms with van der Waals surface area (Å²) >= 11 is 1.47. The fraction of sp³-hybridized carbons (Fsp3) is 0. The van der Waals surface area contributed by atoms with Gasteiger partial charge in [0.15, 0.2) is 0 Å². The Morgan fingerprint density at radius 3 is 2.31 bits per heavy atom. The predicted molar refractivity (Wildman–Crippen MR) is 102 cm³/mol. The second kappa shape index (κ2) is 8.59. The van der Waals surface area contributed by atoms with E-state index in [1.807, 2.05) is 47.8 Å². The highest BCUT2D eigenvalue weighted by molar-refractivity contribution is 7.11. The Bertz CT molecular complexity index is 892. The molecule has 0 aliphatic carbocycles. The lowest BCUT2D eigenvalue weighted by Gasteiger charge is -2.07. The van der Waals surface area contributed by atoms with Gasteiger partial charge in [-0.3, -0.25) is 9.59 Å². The monoisotopic (exact) mass is 365 g/mol. The summed E-state index contributed by atoms with van der Waals surface area (Å²) in [5, 5.41) is 8.13. The van der Waals surface area contributed by atoms with Gasteiger partial charge >= 0.3 is 11.8 Å². The number of nitrogens with zero attached hydrogens (tertiary/aromatic N) is 1. The van der Waals surface area contributed by atoms with Gasteiger partial charge in [-0.1, -0.05) is 24.3 Å². The molecule has 0 spiro atoms. The maximum Gasteiger partial charge on any atom is 0.329 e. The van der Waals surface area contributed by atoms with Crippen LogP contribution in [0.2, 0.25) is 0 Å². The van der Waals surface area contributed by atoms with Crippen molar-refractivity contribution in [1.29, 1.82) is 0 Å². The van der Waals surface area contributed by atoms with Gasteiger partial charge in [0.2, 0.25) is 0 Å². The van der Waals surface area contributed by atoms with Crippen LogP contribution < -0.4 is 15.5 Å². The molecular formula is C19H15N3O3S. The number of ether oxygens (including phenoxy) is 1. The van der Waals surface area contributed by atoms with Crippen molar-refractivity contribution in [2.75, 3.05) is 5.32 Å². The molecule has 0 bridgehead atoms. The van der Waals surface area contributed by atoms with E-state index in [0.29, 0.717) is 17.2 Å². The van der Waals surface area contributed by atoms with Crippen molar-refractivity contribution in [3.8, 4) is 11.5 Å². The van der Waals surface area contributed by atoms with Crippen LogP contribution in [0.15, 0.2) is 77.2 Å². The van der Waals surface area contributed by atoms with Gasteiger partial charge in [0.05, 0.1) is 6.21 Å². The van der Waals surface area contributed by atoms with Crippen molar-refractivity contribution >= 4 is 35.1 Å². The SMILES string of the molecule is O=C(N/N=C\c1cccs1)C(=O)Nc1ccc(Oc2ccccc2)cc1. The normalized spacial score (nSPS) is 10.5. The first-order valence-corrected chi connectivity index (χ1v) is 8.59. The smallest absolute Gasteiger partial charge is 0.329 e. The van der Waals surface area contributed by atoms with Crippen LogP contribution in [0.1, 0.15) is 4.88 Å². The number of nitrogens with one attached hydrogen (secondary N) is 2. The van der Waals surface area contributed by atoms with Gasteiger partial charge in [0, 0.05) is 10.6 Å². The highest BCUT2D eigenvalue weighted by Gasteiger charge is 2.12. The Balaban J connectivity index is 1.51. The zero-order chi connectivity index (χ0) is 18.2. The number of benzene rings is 2. The van der Waals surface area contributed by atoms with Crippen molar-refractivity contribution in [3.63, 3.8) is 0 Å². The molecule has 0 fully saturated rings. The number of hydrogen-bond acceptors (Lipinski definition) is 5. The summed E-state index contributed by atoms with van der Waals surface area (Å²) in [7, 11) is 0. The molecule has 1 heterocycles. The van der Waals surface area contributed by atoms with E-state index in [1.54, 1.807) is 24.3 Å². The number of carbonyl (C=O) groups excluding carboxylic acids is 2. The average molecular weight is 365 g/mol. The molecule has 0 saturated carbocycles. The largest absolute Gasteiger partial charge is 0.457 e. The van der Waals surface area contributed by atoms with Gasteiger partial charge in [0.25, 0.3) is 0 Å². The van der Waals surface area contributed by atoms with Crippen molar-refractivity contribution in [2.24, 2.45) is 5.10 Å². The van der Waals surface area contributed by atoms with Crippen LogP contribution in [-0.4, -0.2) is 18.0 Å². The first kappa shape index (κ1) is 17.4. The molecule has 0 atom stereocenters. The van der Waals surface area contributed by atoms with E-state index >= 15 is 0 Å². The lowest BCUT2D eigenvalue weighted by atomic mass is 10.3. The summed E-state index contributed by atoms with van der Waals surface area (Å²) in [6.45, 7) is 0. The van der Waals surface area contributed by atoms with Gasteiger partial charge in [-0.25, -0.2) is 5.43 Å². The summed E-state index contributed by atoms with van der Waals surface area (Å²) in [6, 6.07) is 19.8. The number of hydrogen-bond donors (Lipinski definition) is 2. The zero-order valence-corrected chi connectivity index (χ0v) is 14.4. The summed E-state index contributed by atoms with van der Waals surface area (Å²) in [4.78, 5) is 24.5. The molecule has 0 aliphatic rings. The highest BCUT2D eigenvalue weighted by Crippen LogP contribution is 2.22. The molecule has 6 nitrogen and oxygen atoms in total. The molecule has 0 saturated heterocycles. The van der Waals surface area contributed by atoms with Crippen molar-refractivity contribution in [1.82, 2.24) is 5.43 Å². The van der Waals surface area contributed by atoms with E-state index in [1.165, 1.54) is 17.6 Å². The van der Waals surface area contributed by atoms with E-state index < -0.39 is 11.8 Å². The average Bonchev–Trinajstić information content (AvgIpc) is 3.17. The van der Waals surface area contributed by atoms with Crippen LogP contribution in [0.5, 0.6) is 11.5 Å². The summed E-state index contributed by atoms with van der Waals surface area (Å²) in [6.07, 6.45) is 1.48. The number of thiophene rings is 1. The molecule has 26 heavy (non-hydrogen) atoms. The number of anilines is 1. The first-order valence-electron chi connectivity index (χ1n) is 7.71. The molecule has 7 heteroatoms. The highest BCUT2D eigenvalue weighted by atomic mass is 32.1. The van der Waals surface area contributed by atoms with E-state index in [0.717, 1.165) is 4.88 Å². The second-order valence-corrected chi connectivity index (χ2v) is 6.09. The third-order valence-electron chi connectivity index (χ3n) is 3.20. The third-order valence-corrected chi connectivity index (χ3v) is 4.01. The lowest BCUT2D eigenvalue weighted by molar-refractivity contribution is -0.136. The Kier molecular flexibility index (Phi) is 5.74. The standard InChI is InChI=1S/C19H15N3O3S/c23-18(19(24)22-20-13-17-7-4-12-26-17)21-14-8-10-16(11-9-14)25-15-5-2-1-3-6-15/h1-13H,(H,21,23)(H,22,24)/b20-13-. The topological polar surface area (TPSA) is 79.8 Å². The van der Waals surface area contributed by atoms with Crippen LogP contribution >= 0.6 is 11.3 Å². The van der Waals surface area contributed by atoms with Crippen LogP contribution in [0.25, 0.3) is 0 Å². The maximum absolute atomic E-state index is 11.9. The number of carbonyl (C=O) groups is 2. The quantitative estimate of drug-likeness (QED) is 0.412. The molecular weight excluding hydrogens is 350 g/mol. The first-order chi connectivity index (χ1) is 12.7. The predicted octanol–water partition coefficient (Wildman–Crippen LogP) is 3.63. The van der Waals surface area contributed by atoms with Crippen molar-refractivity contribution in [3.05, 3.63) is 77.0 Å². The molecule has 3 aromatic rings. The summed E-state index contributed by atoms with van der Waals surface area (Å²) < 4.78 is 5.66. The maximum atomic E-state index is 11.9. The van der Waals surface area contributed by atoms with Gasteiger partial charge in [-0.05, 0) is 47.8 Å². The Hall–Kier alpha value is -3.45. The summed E-state index contributed by atoms with van der Waals surface area (Å²) in [5.41, 5.74) is 2.66. The minimum atomic E-state index is -0.845. The molecule has 2 aromatic carbocycles. The van der Waals surface area contributed by atoms with E-state index in [-0.39, 0.29) is 0 Å². The van der Waals surface area contributed by atoms with Gasteiger partial charge in [-0.15, -0.1) is 11.3 Å². The fourth-order valence-electron chi connectivity index (χ4n) is 1.99. The molecule has 0 aliphatic heterocycles. The Labute approximate surface area is 154 Å².